The van der Waals surface area contributed by atoms with Crippen LogP contribution in [0.5, 0.6) is 5.75 Å². The first-order chi connectivity index (χ1) is 15.4. The van der Waals surface area contributed by atoms with Gasteiger partial charge in [0.05, 0.1) is 12.2 Å². The first-order valence-electron chi connectivity index (χ1n) is 11.8. The second-order valence-electron chi connectivity index (χ2n) is 9.54. The Morgan fingerprint density at radius 1 is 1.22 bits per heavy atom. The third kappa shape index (κ3) is 5.00. The average molecular weight is 440 g/mol. The minimum atomic E-state index is -0.640. The molecule has 2 aromatic rings. The van der Waals surface area contributed by atoms with E-state index in [0.717, 1.165) is 37.7 Å². The van der Waals surface area contributed by atoms with Crippen molar-refractivity contribution in [2.75, 3.05) is 11.9 Å². The lowest BCUT2D eigenvalue weighted by molar-refractivity contribution is 0.159. The number of hydrogen-bond donors (Lipinski definition) is 2. The van der Waals surface area contributed by atoms with Crippen molar-refractivity contribution in [2.45, 2.75) is 70.6 Å². The number of nitrogens with one attached hydrogen (secondary N) is 1. The van der Waals surface area contributed by atoms with Crippen molar-refractivity contribution in [2.24, 2.45) is 11.8 Å². The second kappa shape index (κ2) is 9.39. The van der Waals surface area contributed by atoms with Gasteiger partial charge in [-0.15, -0.1) is 0 Å². The van der Waals surface area contributed by atoms with Crippen LogP contribution in [0, 0.1) is 11.8 Å². The van der Waals surface area contributed by atoms with Gasteiger partial charge in [0.1, 0.15) is 11.4 Å². The van der Waals surface area contributed by atoms with Gasteiger partial charge in [-0.25, -0.2) is 9.59 Å². The summed E-state index contributed by atoms with van der Waals surface area (Å²) >= 11 is 0. The Morgan fingerprint density at radius 3 is 2.56 bits per heavy atom. The monoisotopic (exact) mass is 439 g/mol. The Morgan fingerprint density at radius 2 is 1.94 bits per heavy atom. The average Bonchev–Trinajstić information content (AvgIpc) is 3.68. The van der Waals surface area contributed by atoms with Crippen LogP contribution < -0.4 is 10.9 Å². The van der Waals surface area contributed by atoms with Crippen LogP contribution >= 0.6 is 0 Å². The molecule has 2 saturated carbocycles. The molecule has 32 heavy (non-hydrogen) atoms. The Kier molecular flexibility index (Phi) is 6.58. The van der Waals surface area contributed by atoms with E-state index in [1.807, 2.05) is 37.3 Å². The highest BCUT2D eigenvalue weighted by Gasteiger charge is 2.49. The summed E-state index contributed by atoms with van der Waals surface area (Å²) in [6.07, 6.45) is 6.59. The summed E-state index contributed by atoms with van der Waals surface area (Å²) in [6, 6.07) is 9.44. The standard InChI is InChI=1S/C26H33NO5/c1-3-4-14-31-25(30)27-21-22(28)20(15-17-8-6-5-7-9-17)24(29)32-23(21)26(2,19-12-13-19)16-18-10-11-18/h5-9,18-19,28H,3-4,10-16H2,1-2H3,(H,27,30). The van der Waals surface area contributed by atoms with Gasteiger partial charge < -0.3 is 14.3 Å². The minimum Gasteiger partial charge on any atom is -0.505 e. The van der Waals surface area contributed by atoms with Crippen molar-refractivity contribution < 1.29 is 19.1 Å². The second-order valence-corrected chi connectivity index (χ2v) is 9.54. The summed E-state index contributed by atoms with van der Waals surface area (Å²) in [5.41, 5.74) is 0.256. The summed E-state index contributed by atoms with van der Waals surface area (Å²) in [5, 5.41) is 13.9. The molecule has 0 aliphatic heterocycles. The van der Waals surface area contributed by atoms with E-state index in [1.54, 1.807) is 0 Å². The smallest absolute Gasteiger partial charge is 0.411 e. The third-order valence-corrected chi connectivity index (χ3v) is 6.78. The molecule has 4 rings (SSSR count). The SMILES string of the molecule is CCCCOC(=O)Nc1c(C(C)(CC2CC2)C2CC2)oc(=O)c(Cc2ccccc2)c1O. The number of hydrogen-bond acceptors (Lipinski definition) is 5. The quantitative estimate of drug-likeness (QED) is 0.460. The molecule has 1 amide bonds. The van der Waals surface area contributed by atoms with Crippen molar-refractivity contribution in [3.05, 3.63) is 57.6 Å². The lowest BCUT2D eigenvalue weighted by Gasteiger charge is -2.31. The minimum absolute atomic E-state index is 0.147. The van der Waals surface area contributed by atoms with Crippen LogP contribution in [0.3, 0.4) is 0 Å². The molecule has 1 atom stereocenters. The Labute approximate surface area is 189 Å². The van der Waals surface area contributed by atoms with Gasteiger partial charge in [-0.1, -0.05) is 63.4 Å². The summed E-state index contributed by atoms with van der Waals surface area (Å²) < 4.78 is 11.2. The molecule has 172 valence electrons. The van der Waals surface area contributed by atoms with Crippen LogP contribution in [-0.4, -0.2) is 17.8 Å². The number of carbonyl (C=O) groups is 1. The fraction of sp³-hybridized carbons (Fsp3) is 0.538. The van der Waals surface area contributed by atoms with Gasteiger partial charge >= 0.3 is 11.7 Å². The zero-order valence-corrected chi connectivity index (χ0v) is 19.0. The highest BCUT2D eigenvalue weighted by molar-refractivity contribution is 5.88. The van der Waals surface area contributed by atoms with Gasteiger partial charge in [0.25, 0.3) is 0 Å². The van der Waals surface area contributed by atoms with Crippen LogP contribution in [0.25, 0.3) is 0 Å². The highest BCUT2D eigenvalue weighted by atomic mass is 16.5. The molecule has 0 radical (unpaired) electrons. The van der Waals surface area contributed by atoms with Gasteiger partial charge in [0.2, 0.25) is 0 Å². The van der Waals surface area contributed by atoms with E-state index in [1.165, 1.54) is 12.8 Å². The van der Waals surface area contributed by atoms with E-state index in [9.17, 15) is 14.7 Å². The summed E-state index contributed by atoms with van der Waals surface area (Å²) in [4.78, 5) is 25.6. The van der Waals surface area contributed by atoms with E-state index in [0.29, 0.717) is 24.2 Å². The Balaban J connectivity index is 1.73. The van der Waals surface area contributed by atoms with Gasteiger partial charge in [-0.2, -0.15) is 0 Å². The van der Waals surface area contributed by atoms with Crippen LogP contribution in [0.1, 0.15) is 75.7 Å². The first kappa shape index (κ1) is 22.4. The third-order valence-electron chi connectivity index (χ3n) is 6.78. The molecule has 0 saturated heterocycles. The summed E-state index contributed by atoms with van der Waals surface area (Å²) in [7, 11) is 0. The lowest BCUT2D eigenvalue weighted by atomic mass is 9.76. The Bertz CT molecular complexity index is 1010. The van der Waals surface area contributed by atoms with Crippen LogP contribution in [0.4, 0.5) is 10.5 Å². The normalized spacial score (nSPS) is 17.6. The molecule has 0 spiro atoms. The molecular weight excluding hydrogens is 406 g/mol. The number of aromatic hydroxyl groups is 1. The molecule has 0 bridgehead atoms. The van der Waals surface area contributed by atoms with E-state index < -0.39 is 17.1 Å². The molecule has 2 N–H and O–H groups in total. The maximum atomic E-state index is 13.0. The van der Waals surface area contributed by atoms with Crippen molar-refractivity contribution in [1.29, 1.82) is 0 Å². The summed E-state index contributed by atoms with van der Waals surface area (Å²) in [5.74, 6) is 1.15. The predicted molar refractivity (Wildman–Crippen MR) is 123 cm³/mol. The number of ether oxygens (including phenoxy) is 1. The largest absolute Gasteiger partial charge is 0.505 e. The van der Waals surface area contributed by atoms with Crippen LogP contribution in [-0.2, 0) is 16.6 Å². The van der Waals surface area contributed by atoms with Gasteiger partial charge in [0.15, 0.2) is 5.75 Å². The molecule has 2 aliphatic rings. The molecule has 2 aliphatic carbocycles. The fourth-order valence-corrected chi connectivity index (χ4v) is 4.57. The number of benzene rings is 1. The molecule has 1 aromatic heterocycles. The van der Waals surface area contributed by atoms with Gasteiger partial charge in [0, 0.05) is 11.8 Å². The van der Waals surface area contributed by atoms with Gasteiger partial charge in [-0.05, 0) is 43.1 Å². The maximum Gasteiger partial charge on any atom is 0.411 e. The molecule has 1 unspecified atom stereocenters. The maximum absolute atomic E-state index is 13.0. The van der Waals surface area contributed by atoms with Crippen LogP contribution in [0.2, 0.25) is 0 Å². The predicted octanol–water partition coefficient (Wildman–Crippen LogP) is 5.75. The van der Waals surface area contributed by atoms with E-state index >= 15 is 0 Å². The Hall–Kier alpha value is -2.76. The summed E-state index contributed by atoms with van der Waals surface area (Å²) in [6.45, 7) is 4.42. The molecule has 6 heteroatoms. The van der Waals surface area contributed by atoms with Crippen molar-refractivity contribution in [1.82, 2.24) is 0 Å². The fourth-order valence-electron chi connectivity index (χ4n) is 4.57. The molecule has 2 fully saturated rings. The highest BCUT2D eigenvalue weighted by Crippen LogP contribution is 2.56. The number of amides is 1. The van der Waals surface area contributed by atoms with E-state index in [-0.39, 0.29) is 23.4 Å². The van der Waals surface area contributed by atoms with E-state index in [4.69, 9.17) is 9.15 Å². The molecule has 1 aromatic carbocycles. The molecular formula is C26H33NO5. The zero-order valence-electron chi connectivity index (χ0n) is 19.0. The molecule has 6 nitrogen and oxygen atoms in total. The van der Waals surface area contributed by atoms with Crippen LogP contribution in [0.15, 0.2) is 39.5 Å². The number of anilines is 1. The van der Waals surface area contributed by atoms with Gasteiger partial charge in [-0.3, -0.25) is 5.32 Å². The molecule has 1 heterocycles. The van der Waals surface area contributed by atoms with Crippen molar-refractivity contribution >= 4 is 11.8 Å². The zero-order chi connectivity index (χ0) is 22.7. The van der Waals surface area contributed by atoms with Crippen molar-refractivity contribution in [3.63, 3.8) is 0 Å². The van der Waals surface area contributed by atoms with Crippen molar-refractivity contribution in [3.8, 4) is 5.75 Å². The van der Waals surface area contributed by atoms with E-state index in [2.05, 4.69) is 12.2 Å². The topological polar surface area (TPSA) is 88.8 Å². The number of rotatable bonds is 10. The number of carbonyl (C=O) groups excluding carboxylic acids is 1. The first-order valence-corrected chi connectivity index (χ1v) is 11.8. The number of unbranched alkanes of at least 4 members (excludes halogenated alkanes) is 1. The lowest BCUT2D eigenvalue weighted by Crippen LogP contribution is -2.30.